The van der Waals surface area contributed by atoms with Gasteiger partial charge in [0.15, 0.2) is 5.76 Å². The van der Waals surface area contributed by atoms with E-state index in [9.17, 15) is 9.90 Å². The number of pyridine rings is 1. The number of aliphatic carboxylic acids is 1. The molecule has 2 heterocycles. The van der Waals surface area contributed by atoms with Gasteiger partial charge in [0, 0.05) is 17.3 Å². The first kappa shape index (κ1) is 22.7. The summed E-state index contributed by atoms with van der Waals surface area (Å²) in [4.78, 5) is 16.0. The first-order valence-corrected chi connectivity index (χ1v) is 12.2. The van der Waals surface area contributed by atoms with E-state index < -0.39 is 11.4 Å². The molecule has 0 atom stereocenters. The molecule has 0 saturated heterocycles. The highest BCUT2D eigenvalue weighted by Gasteiger charge is 2.51. The molecule has 1 saturated carbocycles. The van der Waals surface area contributed by atoms with Crippen molar-refractivity contribution in [1.29, 1.82) is 0 Å². The highest BCUT2D eigenvalue weighted by molar-refractivity contribution is 5.85. The van der Waals surface area contributed by atoms with E-state index >= 15 is 0 Å². The predicted octanol–water partition coefficient (Wildman–Crippen LogP) is 7.24. The van der Waals surface area contributed by atoms with Crippen molar-refractivity contribution in [2.45, 2.75) is 25.2 Å². The van der Waals surface area contributed by atoms with Gasteiger partial charge in [-0.3, -0.25) is 9.78 Å². The van der Waals surface area contributed by atoms with Crippen LogP contribution in [0.25, 0.3) is 33.6 Å². The van der Waals surface area contributed by atoms with Crippen LogP contribution in [-0.4, -0.2) is 21.2 Å². The number of aryl methyl sites for hydroxylation is 1. The maximum absolute atomic E-state index is 11.6. The van der Waals surface area contributed by atoms with Gasteiger partial charge in [-0.05, 0) is 48.1 Å². The van der Waals surface area contributed by atoms with Crippen molar-refractivity contribution in [2.24, 2.45) is 0 Å². The molecule has 6 rings (SSSR count). The van der Waals surface area contributed by atoms with E-state index in [0.717, 1.165) is 50.4 Å². The zero-order chi connectivity index (χ0) is 25.4. The summed E-state index contributed by atoms with van der Waals surface area (Å²) >= 11 is 0. The Morgan fingerprint density at radius 3 is 2.11 bits per heavy atom. The van der Waals surface area contributed by atoms with Gasteiger partial charge in [-0.1, -0.05) is 84.0 Å². The molecule has 0 amide bonds. The van der Waals surface area contributed by atoms with Gasteiger partial charge < -0.3 is 14.9 Å². The second kappa shape index (κ2) is 9.06. The standard InChI is InChI=1S/C31H25N3O3/c1-20-28(33-27-17-25(18-32-19-27)21-5-3-2-4-6-21)29(37-34-20)24-9-7-22(8-10-24)23-11-13-26(14-12-23)31(15-16-31)30(35)36/h2-14,17-19,33H,15-16H2,1H3,(H,35,36). The number of hydrogen-bond donors (Lipinski definition) is 2. The van der Waals surface area contributed by atoms with Crippen LogP contribution in [0.3, 0.4) is 0 Å². The topological polar surface area (TPSA) is 88.2 Å². The van der Waals surface area contributed by atoms with Gasteiger partial charge in [-0.15, -0.1) is 0 Å². The predicted molar refractivity (Wildman–Crippen MR) is 144 cm³/mol. The number of nitrogens with one attached hydrogen (secondary N) is 1. The average Bonchev–Trinajstić information content (AvgIpc) is 3.69. The molecule has 182 valence electrons. The van der Waals surface area contributed by atoms with Crippen molar-refractivity contribution in [2.75, 3.05) is 5.32 Å². The first-order valence-electron chi connectivity index (χ1n) is 12.2. The Morgan fingerprint density at radius 1 is 0.838 bits per heavy atom. The molecule has 1 aliphatic rings. The van der Waals surface area contributed by atoms with Crippen LogP contribution in [0.4, 0.5) is 11.4 Å². The van der Waals surface area contributed by atoms with Crippen LogP contribution in [-0.2, 0) is 10.2 Å². The van der Waals surface area contributed by atoms with Gasteiger partial charge in [0.1, 0.15) is 11.4 Å². The van der Waals surface area contributed by atoms with Crippen LogP contribution in [0.1, 0.15) is 24.1 Å². The zero-order valence-electron chi connectivity index (χ0n) is 20.3. The molecule has 0 bridgehead atoms. The smallest absolute Gasteiger partial charge is 0.314 e. The Kier molecular flexibility index (Phi) is 5.57. The summed E-state index contributed by atoms with van der Waals surface area (Å²) in [6, 6.07) is 28.1. The highest BCUT2D eigenvalue weighted by atomic mass is 16.5. The summed E-state index contributed by atoms with van der Waals surface area (Å²) in [6.45, 7) is 1.91. The van der Waals surface area contributed by atoms with E-state index in [4.69, 9.17) is 4.52 Å². The molecular weight excluding hydrogens is 462 g/mol. The molecule has 1 fully saturated rings. The quantitative estimate of drug-likeness (QED) is 0.252. The van der Waals surface area contributed by atoms with Crippen molar-refractivity contribution in [3.05, 3.63) is 109 Å². The fraction of sp³-hybridized carbons (Fsp3) is 0.129. The van der Waals surface area contributed by atoms with E-state index in [1.807, 2.05) is 79.9 Å². The molecule has 6 heteroatoms. The number of aromatic nitrogens is 2. The van der Waals surface area contributed by atoms with E-state index in [1.165, 1.54) is 0 Å². The van der Waals surface area contributed by atoms with Crippen LogP contribution < -0.4 is 5.32 Å². The van der Waals surface area contributed by atoms with Gasteiger partial charge in [0.2, 0.25) is 0 Å². The van der Waals surface area contributed by atoms with Gasteiger partial charge in [-0.2, -0.15) is 0 Å². The van der Waals surface area contributed by atoms with E-state index in [2.05, 4.69) is 33.7 Å². The Labute approximate surface area is 214 Å². The van der Waals surface area contributed by atoms with Gasteiger partial charge in [0.05, 0.1) is 17.3 Å². The molecule has 1 aliphatic carbocycles. The summed E-state index contributed by atoms with van der Waals surface area (Å²) in [6.07, 6.45) is 5.04. The molecule has 0 unspecified atom stereocenters. The Bertz CT molecular complexity index is 1570. The van der Waals surface area contributed by atoms with Gasteiger partial charge >= 0.3 is 5.97 Å². The molecule has 0 spiro atoms. The summed E-state index contributed by atoms with van der Waals surface area (Å²) in [5.74, 6) is -0.0828. The summed E-state index contributed by atoms with van der Waals surface area (Å²) < 4.78 is 5.71. The maximum atomic E-state index is 11.6. The molecule has 2 N–H and O–H groups in total. The fourth-order valence-electron chi connectivity index (χ4n) is 4.70. The number of carboxylic acid groups (broad SMARTS) is 1. The lowest BCUT2D eigenvalue weighted by molar-refractivity contribution is -0.140. The number of hydrogen-bond acceptors (Lipinski definition) is 5. The number of carboxylic acids is 1. The Hall–Kier alpha value is -4.71. The summed E-state index contributed by atoms with van der Waals surface area (Å²) in [5.41, 5.74) is 7.69. The van der Waals surface area contributed by atoms with Crippen LogP contribution in [0.15, 0.2) is 102 Å². The number of benzene rings is 3. The lowest BCUT2D eigenvalue weighted by Crippen LogP contribution is -2.19. The van der Waals surface area contributed by atoms with Crippen molar-refractivity contribution in [3.63, 3.8) is 0 Å². The van der Waals surface area contributed by atoms with Crippen molar-refractivity contribution in [3.8, 4) is 33.6 Å². The van der Waals surface area contributed by atoms with Crippen LogP contribution in [0.2, 0.25) is 0 Å². The molecule has 0 aliphatic heterocycles. The number of nitrogens with zero attached hydrogens (tertiary/aromatic N) is 2. The molecule has 0 radical (unpaired) electrons. The normalized spacial score (nSPS) is 13.8. The lowest BCUT2D eigenvalue weighted by atomic mass is 9.93. The van der Waals surface area contributed by atoms with E-state index in [1.54, 1.807) is 6.20 Å². The summed E-state index contributed by atoms with van der Waals surface area (Å²) in [5, 5.41) is 17.2. The van der Waals surface area contributed by atoms with Crippen LogP contribution >= 0.6 is 0 Å². The molecule has 37 heavy (non-hydrogen) atoms. The first-order chi connectivity index (χ1) is 18.0. The number of rotatable bonds is 7. The molecule has 3 aromatic carbocycles. The Morgan fingerprint density at radius 2 is 1.46 bits per heavy atom. The third-order valence-electron chi connectivity index (χ3n) is 7.05. The van der Waals surface area contributed by atoms with E-state index in [0.29, 0.717) is 18.6 Å². The molecule has 6 nitrogen and oxygen atoms in total. The minimum atomic E-state index is -0.737. The largest absolute Gasteiger partial charge is 0.481 e. The lowest BCUT2D eigenvalue weighted by Gasteiger charge is -2.11. The number of carbonyl (C=O) groups is 1. The fourth-order valence-corrected chi connectivity index (χ4v) is 4.70. The van der Waals surface area contributed by atoms with Crippen molar-refractivity contribution in [1.82, 2.24) is 10.1 Å². The zero-order valence-corrected chi connectivity index (χ0v) is 20.3. The molecular formula is C31H25N3O3. The van der Waals surface area contributed by atoms with Gasteiger partial charge in [0.25, 0.3) is 0 Å². The maximum Gasteiger partial charge on any atom is 0.314 e. The van der Waals surface area contributed by atoms with Gasteiger partial charge in [-0.25, -0.2) is 0 Å². The third-order valence-corrected chi connectivity index (χ3v) is 7.05. The highest BCUT2D eigenvalue weighted by Crippen LogP contribution is 2.48. The molecule has 2 aromatic heterocycles. The van der Waals surface area contributed by atoms with E-state index in [-0.39, 0.29) is 0 Å². The van der Waals surface area contributed by atoms with Crippen molar-refractivity contribution < 1.29 is 14.4 Å². The second-order valence-electron chi connectivity index (χ2n) is 9.47. The Balaban J connectivity index is 1.24. The minimum Gasteiger partial charge on any atom is -0.481 e. The number of anilines is 2. The molecule has 5 aromatic rings. The van der Waals surface area contributed by atoms with Crippen LogP contribution in [0.5, 0.6) is 0 Å². The van der Waals surface area contributed by atoms with Crippen LogP contribution in [0, 0.1) is 6.92 Å². The third kappa shape index (κ3) is 4.27. The monoisotopic (exact) mass is 487 g/mol. The second-order valence-corrected chi connectivity index (χ2v) is 9.47. The van der Waals surface area contributed by atoms with Crippen molar-refractivity contribution >= 4 is 17.3 Å². The SMILES string of the molecule is Cc1noc(-c2ccc(-c3ccc(C4(C(=O)O)CC4)cc3)cc2)c1Nc1cncc(-c2ccccc2)c1. The minimum absolute atomic E-state index is 0.654. The summed E-state index contributed by atoms with van der Waals surface area (Å²) in [7, 11) is 0. The average molecular weight is 488 g/mol.